The van der Waals surface area contributed by atoms with Gasteiger partial charge in [0.1, 0.15) is 17.4 Å². The van der Waals surface area contributed by atoms with Gasteiger partial charge in [0, 0.05) is 38.2 Å². The number of ether oxygens (including phenoxy) is 1. The Morgan fingerprint density at radius 1 is 1.27 bits per heavy atom. The van der Waals surface area contributed by atoms with Gasteiger partial charge in [-0.3, -0.25) is 4.79 Å². The van der Waals surface area contributed by atoms with E-state index in [0.717, 1.165) is 17.0 Å². The van der Waals surface area contributed by atoms with E-state index in [1.165, 1.54) is 10.6 Å². The van der Waals surface area contributed by atoms with Gasteiger partial charge >= 0.3 is 0 Å². The van der Waals surface area contributed by atoms with Gasteiger partial charge in [-0.2, -0.15) is 10.2 Å². The monoisotopic (exact) mass is 445 g/mol. The van der Waals surface area contributed by atoms with Crippen LogP contribution < -0.4 is 0 Å². The zero-order valence-electron chi connectivity index (χ0n) is 17.8. The van der Waals surface area contributed by atoms with Gasteiger partial charge in [-0.15, -0.1) is 0 Å². The number of carbonyl (C=O) groups is 1. The average Bonchev–Trinajstić information content (AvgIpc) is 3.56. The molecule has 1 aliphatic rings. The number of rotatable bonds is 4. The highest BCUT2D eigenvalue weighted by Gasteiger charge is 2.37. The Bertz CT molecular complexity index is 1500. The molecule has 0 spiro atoms. The lowest BCUT2D eigenvalue weighted by molar-refractivity contribution is 0.0689. The van der Waals surface area contributed by atoms with Gasteiger partial charge in [-0.25, -0.2) is 18.4 Å². The molecule has 6 heterocycles. The molecule has 0 fully saturated rings. The van der Waals surface area contributed by atoms with Gasteiger partial charge in [0.25, 0.3) is 5.91 Å². The minimum atomic E-state index is -0.547. The molecule has 1 N–H and O–H groups in total. The molecule has 0 saturated carbocycles. The minimum absolute atomic E-state index is 0.180. The first-order valence-electron chi connectivity index (χ1n) is 10.6. The lowest BCUT2D eigenvalue weighted by Gasteiger charge is -2.33. The number of H-pyrrole nitrogens is 1. The van der Waals surface area contributed by atoms with Crippen LogP contribution in [0, 0.1) is 5.82 Å². The summed E-state index contributed by atoms with van der Waals surface area (Å²) in [5.74, 6) is -0.553. The largest absolute Gasteiger partial charge is 0.380 e. The summed E-state index contributed by atoms with van der Waals surface area (Å²) in [4.78, 5) is 23.2. The second-order valence-corrected chi connectivity index (χ2v) is 8.03. The number of carbonyl (C=O) groups excluding carboxylic acids is 1. The van der Waals surface area contributed by atoms with Crippen LogP contribution in [0.25, 0.3) is 11.0 Å². The average molecular weight is 445 g/mol. The molecule has 33 heavy (non-hydrogen) atoms. The van der Waals surface area contributed by atoms with Crippen molar-refractivity contribution in [3.05, 3.63) is 89.3 Å². The number of imidazole rings is 1. The molecule has 1 amide bonds. The van der Waals surface area contributed by atoms with Gasteiger partial charge in [0.05, 0.1) is 41.6 Å². The fourth-order valence-corrected chi connectivity index (χ4v) is 4.53. The van der Waals surface area contributed by atoms with Crippen molar-refractivity contribution in [3.63, 3.8) is 0 Å². The van der Waals surface area contributed by atoms with E-state index in [-0.39, 0.29) is 11.7 Å². The van der Waals surface area contributed by atoms with E-state index in [2.05, 4.69) is 20.2 Å². The number of nitrogens with one attached hydrogen (secondary N) is 1. The van der Waals surface area contributed by atoms with Gasteiger partial charge in [-0.1, -0.05) is 6.07 Å². The van der Waals surface area contributed by atoms with Crippen LogP contribution in [0.5, 0.6) is 0 Å². The fourth-order valence-electron chi connectivity index (χ4n) is 4.53. The lowest BCUT2D eigenvalue weighted by Crippen LogP contribution is -2.41. The van der Waals surface area contributed by atoms with E-state index < -0.39 is 6.04 Å². The van der Waals surface area contributed by atoms with Crippen molar-refractivity contribution in [3.8, 4) is 0 Å². The van der Waals surface area contributed by atoms with E-state index in [9.17, 15) is 9.18 Å². The molecule has 0 bridgehead atoms. The fraction of sp³-hybridized carbons (Fsp3) is 0.217. The molecule has 9 nitrogen and oxygen atoms in total. The Labute approximate surface area is 187 Å². The number of aromatic nitrogens is 6. The van der Waals surface area contributed by atoms with Crippen LogP contribution in [0.1, 0.15) is 39.0 Å². The predicted octanol–water partition coefficient (Wildman–Crippen LogP) is 2.78. The molecule has 6 rings (SSSR count). The molecule has 0 aromatic carbocycles. The van der Waals surface area contributed by atoms with Crippen LogP contribution in [-0.2, 0) is 17.8 Å². The molecule has 5 aromatic rings. The number of hydrogen-bond acceptors (Lipinski definition) is 5. The molecule has 0 aliphatic carbocycles. The van der Waals surface area contributed by atoms with Crippen molar-refractivity contribution in [2.45, 2.75) is 19.1 Å². The van der Waals surface area contributed by atoms with Crippen LogP contribution in [0.2, 0.25) is 0 Å². The third-order valence-electron chi connectivity index (χ3n) is 6.05. The van der Waals surface area contributed by atoms with Crippen LogP contribution in [0.15, 0.2) is 55.2 Å². The molecule has 0 saturated heterocycles. The van der Waals surface area contributed by atoms with Crippen molar-refractivity contribution in [1.29, 1.82) is 0 Å². The summed E-state index contributed by atoms with van der Waals surface area (Å²) in [6.07, 6.45) is 7.37. The smallest absolute Gasteiger partial charge is 0.258 e. The number of nitrogens with zero attached hydrogens (tertiary/aromatic N) is 6. The Hall–Kier alpha value is -4.05. The number of methoxy groups -OCH3 is 1. The first-order chi connectivity index (χ1) is 16.1. The zero-order chi connectivity index (χ0) is 22.5. The van der Waals surface area contributed by atoms with Crippen molar-refractivity contribution in [1.82, 2.24) is 34.1 Å². The molecular weight excluding hydrogens is 425 g/mol. The van der Waals surface area contributed by atoms with E-state index >= 15 is 0 Å². The van der Waals surface area contributed by atoms with E-state index in [1.54, 1.807) is 47.4 Å². The summed E-state index contributed by atoms with van der Waals surface area (Å²) in [6.45, 7) is 0.924. The number of halogens is 1. The molecule has 5 aromatic heterocycles. The zero-order valence-corrected chi connectivity index (χ0v) is 17.8. The second-order valence-electron chi connectivity index (χ2n) is 8.03. The highest BCUT2D eigenvalue weighted by atomic mass is 19.1. The Morgan fingerprint density at radius 2 is 2.18 bits per heavy atom. The number of hydrogen-bond donors (Lipinski definition) is 1. The Morgan fingerprint density at radius 3 is 3.03 bits per heavy atom. The van der Waals surface area contributed by atoms with Crippen molar-refractivity contribution in [2.75, 3.05) is 13.7 Å². The van der Waals surface area contributed by atoms with Crippen LogP contribution in [0.3, 0.4) is 0 Å². The molecule has 0 radical (unpaired) electrons. The van der Waals surface area contributed by atoms with Gasteiger partial charge < -0.3 is 14.6 Å². The maximum atomic E-state index is 14.4. The topological polar surface area (TPSA) is 92.8 Å². The number of fused-ring (bicyclic) bond motifs is 3. The van der Waals surface area contributed by atoms with E-state index in [1.807, 2.05) is 18.3 Å². The standard InChI is InChI=1S/C23H20FN7O2/c1-33-12-14-4-5-19-15(10-27-31(19)11-14)23(32)29-8-6-17-21(26-13-25-17)22(29)18-9-20-16(24)3-2-7-30(20)28-18/h2-5,7,9-11,13,22H,6,8,12H2,1H3,(H,25,26). The third-order valence-corrected chi connectivity index (χ3v) is 6.05. The molecule has 1 atom stereocenters. The van der Waals surface area contributed by atoms with Crippen LogP contribution in [-0.4, -0.2) is 53.7 Å². The number of amides is 1. The maximum absolute atomic E-state index is 14.4. The number of aromatic amines is 1. The SMILES string of the molecule is COCc1ccc2c(C(=O)N3CCc4[nH]cnc4C3c3cc4c(F)cccn4n3)cnn2c1. The first kappa shape index (κ1) is 19.6. The molecule has 166 valence electrons. The molecule has 10 heteroatoms. The van der Waals surface area contributed by atoms with Gasteiger partial charge in [-0.05, 0) is 29.8 Å². The Kier molecular flexibility index (Phi) is 4.47. The van der Waals surface area contributed by atoms with Crippen molar-refractivity contribution < 1.29 is 13.9 Å². The summed E-state index contributed by atoms with van der Waals surface area (Å²) in [5, 5.41) is 8.96. The quantitative estimate of drug-likeness (QED) is 0.459. The van der Waals surface area contributed by atoms with Gasteiger partial charge in [0.2, 0.25) is 0 Å². The van der Waals surface area contributed by atoms with E-state index in [4.69, 9.17) is 4.74 Å². The molecule has 1 unspecified atom stereocenters. The summed E-state index contributed by atoms with van der Waals surface area (Å²) < 4.78 is 22.7. The van der Waals surface area contributed by atoms with Crippen molar-refractivity contribution >= 4 is 16.9 Å². The summed E-state index contributed by atoms with van der Waals surface area (Å²) in [5.41, 5.74) is 4.72. The predicted molar refractivity (Wildman–Crippen MR) is 116 cm³/mol. The highest BCUT2D eigenvalue weighted by Crippen LogP contribution is 2.35. The Balaban J connectivity index is 1.44. The summed E-state index contributed by atoms with van der Waals surface area (Å²) >= 11 is 0. The second kappa shape index (κ2) is 7.52. The molecular formula is C23H20FN7O2. The van der Waals surface area contributed by atoms with Crippen LogP contribution >= 0.6 is 0 Å². The normalized spacial score (nSPS) is 15.9. The van der Waals surface area contributed by atoms with Gasteiger partial charge in [0.15, 0.2) is 0 Å². The highest BCUT2D eigenvalue weighted by molar-refractivity contribution is 6.01. The maximum Gasteiger partial charge on any atom is 0.258 e. The summed E-state index contributed by atoms with van der Waals surface area (Å²) in [6, 6.07) is 7.91. The summed E-state index contributed by atoms with van der Waals surface area (Å²) in [7, 11) is 1.63. The molecule has 1 aliphatic heterocycles. The van der Waals surface area contributed by atoms with Crippen LogP contribution in [0.4, 0.5) is 4.39 Å². The van der Waals surface area contributed by atoms with E-state index in [0.29, 0.717) is 41.9 Å². The first-order valence-corrected chi connectivity index (χ1v) is 10.6. The third kappa shape index (κ3) is 3.10. The lowest BCUT2D eigenvalue weighted by atomic mass is 9.98. The number of pyridine rings is 2. The minimum Gasteiger partial charge on any atom is -0.380 e. The van der Waals surface area contributed by atoms with Crippen molar-refractivity contribution in [2.24, 2.45) is 0 Å².